The van der Waals surface area contributed by atoms with Crippen LogP contribution in [0.25, 0.3) is 0 Å². The van der Waals surface area contributed by atoms with Gasteiger partial charge in [-0.2, -0.15) is 0 Å². The predicted molar refractivity (Wildman–Crippen MR) is 77.8 cm³/mol. The molecule has 124 valence electrons. The van der Waals surface area contributed by atoms with E-state index < -0.39 is 30.1 Å². The van der Waals surface area contributed by atoms with E-state index in [0.29, 0.717) is 11.5 Å². The number of anilines is 1. The van der Waals surface area contributed by atoms with E-state index in [1.807, 2.05) is 0 Å². The van der Waals surface area contributed by atoms with Gasteiger partial charge >= 0.3 is 5.97 Å². The minimum Gasteiger partial charge on any atom is -0.454 e. The van der Waals surface area contributed by atoms with Gasteiger partial charge in [0, 0.05) is 11.8 Å². The summed E-state index contributed by atoms with van der Waals surface area (Å²) >= 11 is 0. The Bertz CT molecular complexity index is 809. The first-order valence-electron chi connectivity index (χ1n) is 6.84. The van der Waals surface area contributed by atoms with Crippen LogP contribution >= 0.6 is 0 Å². The van der Waals surface area contributed by atoms with Gasteiger partial charge in [-0.3, -0.25) is 4.79 Å². The summed E-state index contributed by atoms with van der Waals surface area (Å²) in [5, 5.41) is 2.29. The second kappa shape index (κ2) is 6.53. The Morgan fingerprint density at radius 3 is 2.62 bits per heavy atom. The molecule has 6 nitrogen and oxygen atoms in total. The number of ether oxygens (including phenoxy) is 3. The quantitative estimate of drug-likeness (QED) is 0.869. The number of amides is 1. The summed E-state index contributed by atoms with van der Waals surface area (Å²) in [7, 11) is 0. The summed E-state index contributed by atoms with van der Waals surface area (Å²) in [6.45, 7) is -0.503. The maximum Gasteiger partial charge on any atom is 0.338 e. The van der Waals surface area contributed by atoms with Crippen LogP contribution in [0, 0.1) is 11.6 Å². The van der Waals surface area contributed by atoms with Crippen molar-refractivity contribution in [1.29, 1.82) is 0 Å². The van der Waals surface area contributed by atoms with Gasteiger partial charge in [0.25, 0.3) is 5.91 Å². The lowest BCUT2D eigenvalue weighted by molar-refractivity contribution is -0.119. The molecule has 0 bridgehead atoms. The van der Waals surface area contributed by atoms with Crippen LogP contribution in [0.2, 0.25) is 0 Å². The lowest BCUT2D eigenvalue weighted by atomic mass is 10.2. The fourth-order valence-electron chi connectivity index (χ4n) is 2.01. The van der Waals surface area contributed by atoms with Crippen molar-refractivity contribution in [2.24, 2.45) is 0 Å². The van der Waals surface area contributed by atoms with Gasteiger partial charge in [0.2, 0.25) is 6.79 Å². The van der Waals surface area contributed by atoms with Gasteiger partial charge in [0.1, 0.15) is 0 Å². The summed E-state index contributed by atoms with van der Waals surface area (Å²) in [4.78, 5) is 23.6. The Labute approximate surface area is 134 Å². The van der Waals surface area contributed by atoms with Crippen molar-refractivity contribution in [1.82, 2.24) is 0 Å². The van der Waals surface area contributed by atoms with Crippen LogP contribution in [0.1, 0.15) is 10.4 Å². The predicted octanol–water partition coefficient (Wildman–Crippen LogP) is 2.49. The highest BCUT2D eigenvalue weighted by Gasteiger charge is 2.17. The molecule has 2 aromatic rings. The Hall–Kier alpha value is -3.16. The first-order valence-corrected chi connectivity index (χ1v) is 6.84. The number of esters is 1. The molecule has 0 saturated heterocycles. The largest absolute Gasteiger partial charge is 0.454 e. The van der Waals surface area contributed by atoms with Crippen molar-refractivity contribution in [3.63, 3.8) is 0 Å². The van der Waals surface area contributed by atoms with Gasteiger partial charge < -0.3 is 19.5 Å². The number of fused-ring (bicyclic) bond motifs is 1. The SMILES string of the molecule is O=C(COC(=O)c1ccc2c(c1)OCO2)Nc1ccc(F)c(F)c1. The third kappa shape index (κ3) is 3.43. The Morgan fingerprint density at radius 1 is 1.04 bits per heavy atom. The van der Waals surface area contributed by atoms with Crippen molar-refractivity contribution in [2.45, 2.75) is 0 Å². The fraction of sp³-hybridized carbons (Fsp3) is 0.125. The minimum atomic E-state index is -1.09. The molecule has 3 rings (SSSR count). The topological polar surface area (TPSA) is 73.9 Å². The molecule has 1 amide bonds. The highest BCUT2D eigenvalue weighted by molar-refractivity contribution is 5.95. The molecule has 1 aliphatic heterocycles. The van der Waals surface area contributed by atoms with Gasteiger partial charge in [-0.25, -0.2) is 13.6 Å². The van der Waals surface area contributed by atoms with Gasteiger partial charge in [0.05, 0.1) is 5.56 Å². The van der Waals surface area contributed by atoms with Gasteiger partial charge in [-0.1, -0.05) is 0 Å². The third-order valence-electron chi connectivity index (χ3n) is 3.15. The number of carbonyl (C=O) groups excluding carboxylic acids is 2. The van der Waals surface area contributed by atoms with Gasteiger partial charge in [0.15, 0.2) is 29.7 Å². The van der Waals surface area contributed by atoms with Crippen molar-refractivity contribution in [3.8, 4) is 11.5 Å². The Kier molecular flexibility index (Phi) is 4.28. The maximum atomic E-state index is 13.0. The first-order chi connectivity index (χ1) is 11.5. The smallest absolute Gasteiger partial charge is 0.338 e. The molecular formula is C16H11F2NO5. The van der Waals surface area contributed by atoms with Gasteiger partial charge in [-0.15, -0.1) is 0 Å². The minimum absolute atomic E-state index is 0.0537. The zero-order chi connectivity index (χ0) is 17.1. The molecular weight excluding hydrogens is 324 g/mol. The molecule has 8 heteroatoms. The lowest BCUT2D eigenvalue weighted by Gasteiger charge is -2.07. The average Bonchev–Trinajstić information content (AvgIpc) is 3.03. The molecule has 0 fully saturated rings. The molecule has 0 aliphatic carbocycles. The van der Waals surface area contributed by atoms with Crippen LogP contribution in [-0.2, 0) is 9.53 Å². The molecule has 0 saturated carbocycles. The summed E-state index contributed by atoms with van der Waals surface area (Å²) in [5.41, 5.74) is 0.248. The summed E-state index contributed by atoms with van der Waals surface area (Å²) < 4.78 is 41.0. The first kappa shape index (κ1) is 15.7. The van der Waals surface area contributed by atoms with Crippen molar-refractivity contribution >= 4 is 17.6 Å². The normalized spacial score (nSPS) is 11.9. The van der Waals surface area contributed by atoms with E-state index in [9.17, 15) is 18.4 Å². The second-order valence-electron chi connectivity index (χ2n) is 4.82. The molecule has 2 aromatic carbocycles. The molecule has 1 heterocycles. The van der Waals surface area contributed by atoms with Crippen LogP contribution in [0.3, 0.4) is 0 Å². The molecule has 0 atom stereocenters. The van der Waals surface area contributed by atoms with Gasteiger partial charge in [-0.05, 0) is 30.3 Å². The number of hydrogen-bond donors (Lipinski definition) is 1. The number of nitrogens with one attached hydrogen (secondary N) is 1. The monoisotopic (exact) mass is 335 g/mol. The highest BCUT2D eigenvalue weighted by atomic mass is 19.2. The molecule has 1 N–H and O–H groups in total. The average molecular weight is 335 g/mol. The van der Waals surface area contributed by atoms with Crippen molar-refractivity contribution in [3.05, 3.63) is 53.6 Å². The van der Waals surface area contributed by atoms with E-state index in [0.717, 1.165) is 12.1 Å². The number of rotatable bonds is 4. The number of benzene rings is 2. The molecule has 0 unspecified atom stereocenters. The lowest BCUT2D eigenvalue weighted by Crippen LogP contribution is -2.21. The Balaban J connectivity index is 1.55. The Morgan fingerprint density at radius 2 is 1.83 bits per heavy atom. The van der Waals surface area contributed by atoms with Crippen LogP contribution in [0.5, 0.6) is 11.5 Å². The molecule has 0 spiro atoms. The second-order valence-corrected chi connectivity index (χ2v) is 4.82. The van der Waals surface area contributed by atoms with Crippen LogP contribution in [-0.4, -0.2) is 25.3 Å². The number of halogens is 2. The van der Waals surface area contributed by atoms with E-state index in [1.54, 1.807) is 6.07 Å². The van der Waals surface area contributed by atoms with Crippen LogP contribution in [0.15, 0.2) is 36.4 Å². The van der Waals surface area contributed by atoms with Crippen molar-refractivity contribution in [2.75, 3.05) is 18.7 Å². The summed E-state index contributed by atoms with van der Waals surface area (Å²) in [6, 6.07) is 7.37. The fourth-order valence-corrected chi connectivity index (χ4v) is 2.01. The van der Waals surface area contributed by atoms with E-state index in [-0.39, 0.29) is 18.0 Å². The van der Waals surface area contributed by atoms with Crippen molar-refractivity contribution < 1.29 is 32.6 Å². The van der Waals surface area contributed by atoms with Crippen LogP contribution in [0.4, 0.5) is 14.5 Å². The third-order valence-corrected chi connectivity index (χ3v) is 3.15. The van der Waals surface area contributed by atoms with E-state index in [2.05, 4.69) is 5.32 Å². The highest BCUT2D eigenvalue weighted by Crippen LogP contribution is 2.32. The van der Waals surface area contributed by atoms with E-state index in [4.69, 9.17) is 14.2 Å². The number of carbonyl (C=O) groups is 2. The standard InChI is InChI=1S/C16H11F2NO5/c17-11-3-2-10(6-12(11)18)19-15(20)7-22-16(21)9-1-4-13-14(5-9)24-8-23-13/h1-6H,7-8H2,(H,19,20). The summed E-state index contributed by atoms with van der Waals surface area (Å²) in [6.07, 6.45) is 0. The maximum absolute atomic E-state index is 13.0. The summed E-state index contributed by atoms with van der Waals surface area (Å²) in [5.74, 6) is -2.60. The molecule has 1 aliphatic rings. The van der Waals surface area contributed by atoms with E-state index in [1.165, 1.54) is 18.2 Å². The molecule has 0 aromatic heterocycles. The number of hydrogen-bond acceptors (Lipinski definition) is 5. The zero-order valence-corrected chi connectivity index (χ0v) is 12.2. The molecule has 0 radical (unpaired) electrons. The molecule has 24 heavy (non-hydrogen) atoms. The van der Waals surface area contributed by atoms with E-state index >= 15 is 0 Å². The zero-order valence-electron chi connectivity index (χ0n) is 12.2. The van der Waals surface area contributed by atoms with Crippen LogP contribution < -0.4 is 14.8 Å².